The third-order valence-electron chi connectivity index (χ3n) is 1.46. The van der Waals surface area contributed by atoms with E-state index in [1.807, 2.05) is 5.32 Å². The summed E-state index contributed by atoms with van der Waals surface area (Å²) in [6.45, 7) is 0.204. The fourth-order valence-corrected chi connectivity index (χ4v) is 3.00. The van der Waals surface area contributed by atoms with Crippen LogP contribution in [0.1, 0.15) is 6.42 Å². The van der Waals surface area contributed by atoms with Gasteiger partial charge in [-0.05, 0) is 20.6 Å². The normalized spacial score (nSPS) is 13.2. The minimum absolute atomic E-state index is 0. The molecule has 0 rings (SSSR count). The van der Waals surface area contributed by atoms with E-state index < -0.39 is 20.7 Å². The SMILES string of the molecule is COCCCNC(P(=O)([O-])[O-])P(=O)([O-])O.O.O.O.[Na+].[Na+].[Na+]. The third kappa shape index (κ3) is 23.1. The number of rotatable bonds is 7. The maximum absolute atomic E-state index is 10.6. The molecule has 0 bridgehead atoms. The summed E-state index contributed by atoms with van der Waals surface area (Å²) in [7, 11) is -9.25. The summed E-state index contributed by atoms with van der Waals surface area (Å²) < 4.78 is 25.7. The van der Waals surface area contributed by atoms with E-state index >= 15 is 0 Å². The van der Waals surface area contributed by atoms with E-state index in [0.717, 1.165) is 0 Å². The zero-order chi connectivity index (χ0) is 12.1. The predicted octanol–water partition coefficient (Wildman–Crippen LogP) is -14.1. The van der Waals surface area contributed by atoms with E-state index in [1.54, 1.807) is 0 Å². The molecule has 0 radical (unpaired) electrons. The van der Waals surface area contributed by atoms with Crippen LogP contribution in [-0.2, 0) is 13.9 Å². The zero-order valence-corrected chi connectivity index (χ0v) is 20.3. The van der Waals surface area contributed by atoms with Crippen molar-refractivity contribution in [1.82, 2.24) is 5.32 Å². The van der Waals surface area contributed by atoms with Crippen molar-refractivity contribution in [3.63, 3.8) is 0 Å². The van der Waals surface area contributed by atoms with E-state index in [1.165, 1.54) is 7.11 Å². The second-order valence-corrected chi connectivity index (χ2v) is 6.43. The number of nitrogens with one attached hydrogen (secondary N) is 1. The first kappa shape index (κ1) is 44.0. The molecule has 0 aromatic heterocycles. The maximum Gasteiger partial charge on any atom is 1.00 e. The molecule has 116 valence electrons. The van der Waals surface area contributed by atoms with E-state index in [4.69, 9.17) is 4.89 Å². The molecule has 0 saturated carbocycles. The van der Waals surface area contributed by atoms with Gasteiger partial charge in [0.25, 0.3) is 0 Å². The van der Waals surface area contributed by atoms with Gasteiger partial charge in [-0.3, -0.25) is 0 Å². The van der Waals surface area contributed by atoms with E-state index in [0.29, 0.717) is 6.42 Å². The molecule has 0 fully saturated rings. The summed E-state index contributed by atoms with van der Waals surface area (Å²) in [4.78, 5) is 40.0. The van der Waals surface area contributed by atoms with Crippen LogP contribution in [0.15, 0.2) is 0 Å². The van der Waals surface area contributed by atoms with Gasteiger partial charge in [-0.1, -0.05) is 0 Å². The van der Waals surface area contributed by atoms with Crippen LogP contribution in [-0.4, -0.2) is 47.1 Å². The van der Waals surface area contributed by atoms with Gasteiger partial charge in [-0.25, -0.2) is 0 Å². The number of ether oxygens (including phenoxy) is 1. The van der Waals surface area contributed by atoms with Gasteiger partial charge in [0.15, 0.2) is 7.60 Å². The Morgan fingerprint density at radius 3 is 1.71 bits per heavy atom. The van der Waals surface area contributed by atoms with Crippen molar-refractivity contribution >= 4 is 15.2 Å². The van der Waals surface area contributed by atoms with Crippen LogP contribution in [0.5, 0.6) is 0 Å². The van der Waals surface area contributed by atoms with Gasteiger partial charge in [-0.15, -0.1) is 0 Å². The largest absolute Gasteiger partial charge is 1.00 e. The molecule has 0 aliphatic heterocycles. The van der Waals surface area contributed by atoms with Crippen molar-refractivity contribution in [2.75, 3.05) is 20.3 Å². The van der Waals surface area contributed by atoms with Gasteiger partial charge in [0.05, 0.1) is 5.52 Å². The van der Waals surface area contributed by atoms with Crippen LogP contribution >= 0.6 is 15.2 Å². The summed E-state index contributed by atoms with van der Waals surface area (Å²) >= 11 is 0. The Bertz CT molecular complexity index is 264. The minimum atomic E-state index is -5.42. The molecule has 21 heavy (non-hydrogen) atoms. The third-order valence-corrected chi connectivity index (χ3v) is 4.77. The van der Waals surface area contributed by atoms with E-state index in [2.05, 4.69) is 4.74 Å². The van der Waals surface area contributed by atoms with Gasteiger partial charge in [0.1, 0.15) is 0 Å². The molecular formula is C5H18NNa3O10P2. The molecule has 0 aliphatic carbocycles. The van der Waals surface area contributed by atoms with Crippen LogP contribution in [0.2, 0.25) is 0 Å². The second-order valence-electron chi connectivity index (χ2n) is 2.78. The summed E-state index contributed by atoms with van der Waals surface area (Å²) in [5.41, 5.74) is -2.47. The summed E-state index contributed by atoms with van der Waals surface area (Å²) in [5.74, 6) is 0. The quantitative estimate of drug-likeness (QED) is 0.242. The Hall–Kier alpha value is 3.10. The molecule has 0 aromatic rings. The van der Waals surface area contributed by atoms with Crippen molar-refractivity contribution in [3.05, 3.63) is 0 Å². The molecule has 0 aliphatic rings. The van der Waals surface area contributed by atoms with Gasteiger partial charge in [0.2, 0.25) is 0 Å². The second kappa shape index (κ2) is 21.1. The van der Waals surface area contributed by atoms with Crippen LogP contribution in [0.3, 0.4) is 0 Å². The van der Waals surface area contributed by atoms with Crippen molar-refractivity contribution < 1.29 is 139 Å². The topological polar surface area (TPSA) is 239 Å². The van der Waals surface area contributed by atoms with E-state index in [9.17, 15) is 23.8 Å². The van der Waals surface area contributed by atoms with Crippen molar-refractivity contribution in [2.45, 2.75) is 11.9 Å². The minimum Gasteiger partial charge on any atom is -0.809 e. The van der Waals surface area contributed by atoms with E-state index in [-0.39, 0.29) is 118 Å². The molecular weight excluding hydrogens is 365 g/mol. The van der Waals surface area contributed by atoms with Crippen LogP contribution in [0, 0.1) is 0 Å². The molecule has 0 saturated heterocycles. The van der Waals surface area contributed by atoms with Gasteiger partial charge in [0, 0.05) is 13.7 Å². The molecule has 11 nitrogen and oxygen atoms in total. The summed E-state index contributed by atoms with van der Waals surface area (Å²) in [5, 5.41) is 1.94. The Balaban J connectivity index is -0.0000000653. The van der Waals surface area contributed by atoms with Gasteiger partial charge in [-0.2, -0.15) is 0 Å². The molecule has 8 N–H and O–H groups in total. The predicted molar refractivity (Wildman–Crippen MR) is 56.6 cm³/mol. The van der Waals surface area contributed by atoms with Crippen molar-refractivity contribution in [3.8, 4) is 0 Å². The van der Waals surface area contributed by atoms with Crippen LogP contribution in [0.4, 0.5) is 0 Å². The Kier molecular flexibility index (Phi) is 44.3. The number of hydrogen-bond acceptors (Lipinski definition) is 7. The first-order valence-electron chi connectivity index (χ1n) is 3.97. The fourth-order valence-electron chi connectivity index (χ4n) is 0.854. The van der Waals surface area contributed by atoms with Crippen LogP contribution in [0.25, 0.3) is 0 Å². The average molecular weight is 383 g/mol. The Labute approximate surface area is 189 Å². The summed E-state index contributed by atoms with van der Waals surface area (Å²) in [6.07, 6.45) is 0.312. The standard InChI is InChI=1S/C5H15NO7P2.3Na.3H2O/c1-13-4-2-3-6-5(14(7,8)9)15(10,11)12;;;;;;/h5-6H,2-4H2,1H3,(H2,7,8,9)(H2,10,11,12);;;;3*1H2/q;3*+1;;;/p-3. The molecule has 16 heteroatoms. The number of hydrogen-bond donors (Lipinski definition) is 2. The molecule has 0 amide bonds. The van der Waals surface area contributed by atoms with Crippen LogP contribution < -0.4 is 109 Å². The molecule has 2 atom stereocenters. The zero-order valence-electron chi connectivity index (χ0n) is 12.5. The monoisotopic (exact) mass is 383 g/mol. The van der Waals surface area contributed by atoms with Gasteiger partial charge >= 0.3 is 88.7 Å². The fraction of sp³-hybridized carbons (Fsp3) is 1.00. The molecule has 0 aromatic carbocycles. The van der Waals surface area contributed by atoms with Crippen molar-refractivity contribution in [1.29, 1.82) is 0 Å². The summed E-state index contributed by atoms with van der Waals surface area (Å²) in [6, 6.07) is 0. The molecule has 0 spiro atoms. The average Bonchev–Trinajstić information content (AvgIpc) is 1.99. The number of methoxy groups -OCH3 is 1. The first-order valence-corrected chi connectivity index (χ1v) is 7.23. The molecule has 2 unspecified atom stereocenters. The Morgan fingerprint density at radius 1 is 1.10 bits per heavy atom. The molecule has 0 heterocycles. The Morgan fingerprint density at radius 2 is 1.48 bits per heavy atom. The maximum atomic E-state index is 10.6. The smallest absolute Gasteiger partial charge is 0.809 e. The van der Waals surface area contributed by atoms with Crippen molar-refractivity contribution in [2.24, 2.45) is 0 Å². The van der Waals surface area contributed by atoms with Gasteiger partial charge < -0.3 is 55.2 Å². The first-order chi connectivity index (χ1) is 6.69.